The molecule has 0 atom stereocenters. The summed E-state index contributed by atoms with van der Waals surface area (Å²) in [4.78, 5) is 25.9. The number of H-pyrrole nitrogens is 2. The third-order valence-corrected chi connectivity index (χ3v) is 4.88. The highest BCUT2D eigenvalue weighted by Gasteiger charge is 2.20. The number of aromatic amines is 2. The van der Waals surface area contributed by atoms with E-state index in [0.717, 1.165) is 11.2 Å². The van der Waals surface area contributed by atoms with E-state index in [0.29, 0.717) is 30.0 Å². The first-order valence-electron chi connectivity index (χ1n) is 9.18. The van der Waals surface area contributed by atoms with E-state index in [-0.39, 0.29) is 5.56 Å². The molecule has 3 aromatic rings. The molecule has 4 rings (SSSR count). The second-order valence-electron chi connectivity index (χ2n) is 6.84. The van der Waals surface area contributed by atoms with Gasteiger partial charge in [0.2, 0.25) is 0 Å². The minimum absolute atomic E-state index is 0.233. The van der Waals surface area contributed by atoms with Gasteiger partial charge in [-0.25, -0.2) is 20.1 Å². The molecule has 140 valence electrons. The molecule has 8 heteroatoms. The van der Waals surface area contributed by atoms with Crippen molar-refractivity contribution < 1.29 is 19.6 Å². The molecule has 0 radical (unpaired) electrons. The number of imidazole rings is 1. The number of hydrogen-bond acceptors (Lipinski definition) is 5. The number of rotatable bonds is 6. The Hall–Kier alpha value is -3.16. The van der Waals surface area contributed by atoms with Crippen molar-refractivity contribution in [2.45, 2.75) is 32.1 Å². The van der Waals surface area contributed by atoms with Crippen LogP contribution < -0.4 is 15.0 Å². The van der Waals surface area contributed by atoms with Crippen LogP contribution in [0.25, 0.3) is 11.2 Å². The van der Waals surface area contributed by atoms with Crippen LogP contribution in [0.2, 0.25) is 0 Å². The standard InChI is InChI=1S/C19H21N5O3/c25-18(26)13-6-8-14(9-7-13)22-19-23-16-15(20-11-21-16)17(24-19)27-10-12-4-2-1-3-5-12/h6-9,11-12H,1-5,10H2,(H,25,26)(H2,20,21,22,23,24)/p+1. The van der Waals surface area contributed by atoms with Crippen LogP contribution in [0.3, 0.4) is 0 Å². The average Bonchev–Trinajstić information content (AvgIpc) is 3.16. The predicted molar refractivity (Wildman–Crippen MR) is 99.2 cm³/mol. The summed E-state index contributed by atoms with van der Waals surface area (Å²) in [5, 5.41) is 12.1. The zero-order chi connectivity index (χ0) is 18.6. The summed E-state index contributed by atoms with van der Waals surface area (Å²) in [5.41, 5.74) is 2.24. The van der Waals surface area contributed by atoms with Crippen molar-refractivity contribution >= 4 is 28.8 Å². The molecule has 8 nitrogen and oxygen atoms in total. The SMILES string of the molecule is O=C(O)c1ccc(Nc2nc3nc[nH]c3c(OCC3CCCCC3)[nH+]2)cc1. The van der Waals surface area contributed by atoms with Crippen molar-refractivity contribution in [1.82, 2.24) is 15.0 Å². The van der Waals surface area contributed by atoms with Crippen LogP contribution in [0.15, 0.2) is 30.6 Å². The fraction of sp³-hybridized carbons (Fsp3) is 0.368. The van der Waals surface area contributed by atoms with Gasteiger partial charge in [0.05, 0.1) is 24.2 Å². The van der Waals surface area contributed by atoms with Gasteiger partial charge in [-0.15, -0.1) is 0 Å². The Morgan fingerprint density at radius 2 is 2.04 bits per heavy atom. The zero-order valence-corrected chi connectivity index (χ0v) is 14.9. The molecule has 0 amide bonds. The van der Waals surface area contributed by atoms with Gasteiger partial charge in [-0.3, -0.25) is 0 Å². The molecule has 1 aliphatic rings. The first-order chi connectivity index (χ1) is 13.2. The highest BCUT2D eigenvalue weighted by Crippen LogP contribution is 2.25. The quantitative estimate of drug-likeness (QED) is 0.616. The van der Waals surface area contributed by atoms with Crippen molar-refractivity contribution in [2.24, 2.45) is 5.92 Å². The largest absolute Gasteiger partial charge is 0.478 e. The van der Waals surface area contributed by atoms with E-state index in [1.165, 1.54) is 44.2 Å². The summed E-state index contributed by atoms with van der Waals surface area (Å²) < 4.78 is 6.06. The third-order valence-electron chi connectivity index (χ3n) is 4.88. The number of hydrogen-bond donors (Lipinski definition) is 3. The van der Waals surface area contributed by atoms with Crippen molar-refractivity contribution in [2.75, 3.05) is 11.9 Å². The number of carboxylic acid groups (broad SMARTS) is 1. The number of ether oxygens (including phenoxy) is 1. The first-order valence-corrected chi connectivity index (χ1v) is 9.18. The number of aromatic carboxylic acids is 1. The van der Waals surface area contributed by atoms with E-state index in [2.05, 4.69) is 25.3 Å². The van der Waals surface area contributed by atoms with Crippen LogP contribution in [-0.4, -0.2) is 32.6 Å². The number of nitrogens with zero attached hydrogens (tertiary/aromatic N) is 2. The molecule has 2 heterocycles. The Labute approximate surface area is 156 Å². The van der Waals surface area contributed by atoms with Crippen LogP contribution in [0.4, 0.5) is 11.6 Å². The highest BCUT2D eigenvalue weighted by atomic mass is 16.5. The molecule has 1 aromatic carbocycles. The van der Waals surface area contributed by atoms with Gasteiger partial charge in [0.1, 0.15) is 0 Å². The van der Waals surface area contributed by atoms with Crippen LogP contribution in [0, 0.1) is 5.92 Å². The first kappa shape index (κ1) is 17.3. The summed E-state index contributed by atoms with van der Waals surface area (Å²) in [6.45, 7) is 0.668. The normalized spacial score (nSPS) is 15.0. The molecule has 2 aromatic heterocycles. The Morgan fingerprint density at radius 1 is 1.26 bits per heavy atom. The number of nitrogens with one attached hydrogen (secondary N) is 3. The van der Waals surface area contributed by atoms with Gasteiger partial charge >= 0.3 is 11.9 Å². The van der Waals surface area contributed by atoms with Crippen molar-refractivity contribution in [3.05, 3.63) is 36.2 Å². The molecular weight excluding hydrogens is 346 g/mol. The van der Waals surface area contributed by atoms with Gasteiger partial charge in [0.15, 0.2) is 5.52 Å². The smallest absolute Gasteiger partial charge is 0.399 e. The maximum atomic E-state index is 11.0. The molecular formula is C19H22N5O3+. The van der Waals surface area contributed by atoms with Crippen molar-refractivity contribution in [1.29, 1.82) is 0 Å². The second-order valence-corrected chi connectivity index (χ2v) is 6.84. The Morgan fingerprint density at radius 3 is 2.78 bits per heavy atom. The van der Waals surface area contributed by atoms with E-state index in [9.17, 15) is 4.79 Å². The highest BCUT2D eigenvalue weighted by molar-refractivity contribution is 5.88. The second kappa shape index (κ2) is 7.61. The number of benzene rings is 1. The fourth-order valence-electron chi connectivity index (χ4n) is 3.40. The van der Waals surface area contributed by atoms with Crippen molar-refractivity contribution in [3.63, 3.8) is 0 Å². The summed E-state index contributed by atoms with van der Waals surface area (Å²) in [6, 6.07) is 6.46. The monoisotopic (exact) mass is 368 g/mol. The topological polar surface area (TPSA) is 114 Å². The summed E-state index contributed by atoms with van der Waals surface area (Å²) in [5.74, 6) is 0.713. The van der Waals surface area contributed by atoms with E-state index in [1.54, 1.807) is 18.5 Å². The average molecular weight is 368 g/mol. The van der Waals surface area contributed by atoms with E-state index >= 15 is 0 Å². The zero-order valence-electron chi connectivity index (χ0n) is 14.9. The molecule has 0 spiro atoms. The van der Waals surface area contributed by atoms with Gasteiger partial charge < -0.3 is 14.8 Å². The summed E-state index contributed by atoms with van der Waals surface area (Å²) in [6.07, 6.45) is 7.86. The third kappa shape index (κ3) is 3.99. The molecule has 1 fully saturated rings. The Kier molecular flexibility index (Phi) is 4.86. The minimum Gasteiger partial charge on any atom is -0.478 e. The number of carbonyl (C=O) groups is 1. The van der Waals surface area contributed by atoms with Crippen LogP contribution in [-0.2, 0) is 0 Å². The molecule has 4 N–H and O–H groups in total. The van der Waals surface area contributed by atoms with Crippen LogP contribution >= 0.6 is 0 Å². The summed E-state index contributed by atoms with van der Waals surface area (Å²) in [7, 11) is 0. The molecule has 0 saturated heterocycles. The number of carboxylic acids is 1. The lowest BCUT2D eigenvalue weighted by molar-refractivity contribution is -0.380. The Bertz CT molecular complexity index is 932. The van der Waals surface area contributed by atoms with E-state index in [4.69, 9.17) is 9.84 Å². The van der Waals surface area contributed by atoms with Gasteiger partial charge in [-0.2, -0.15) is 0 Å². The Balaban J connectivity index is 1.53. The molecule has 27 heavy (non-hydrogen) atoms. The molecule has 1 saturated carbocycles. The number of fused-ring (bicyclic) bond motifs is 1. The van der Waals surface area contributed by atoms with Gasteiger partial charge in [0, 0.05) is 0 Å². The summed E-state index contributed by atoms with van der Waals surface area (Å²) >= 11 is 0. The molecule has 0 aliphatic heterocycles. The van der Waals surface area contributed by atoms with Crippen LogP contribution in [0.5, 0.6) is 5.88 Å². The van der Waals surface area contributed by atoms with Crippen molar-refractivity contribution in [3.8, 4) is 5.88 Å². The maximum absolute atomic E-state index is 11.0. The lowest BCUT2D eigenvalue weighted by atomic mass is 9.90. The maximum Gasteiger partial charge on any atom is 0.399 e. The lowest BCUT2D eigenvalue weighted by Crippen LogP contribution is -2.21. The molecule has 0 unspecified atom stereocenters. The van der Waals surface area contributed by atoms with E-state index in [1.807, 2.05) is 0 Å². The van der Waals surface area contributed by atoms with Crippen LogP contribution in [0.1, 0.15) is 42.5 Å². The van der Waals surface area contributed by atoms with Gasteiger partial charge in [-0.1, -0.05) is 19.3 Å². The molecule has 1 aliphatic carbocycles. The van der Waals surface area contributed by atoms with Gasteiger partial charge in [0.25, 0.3) is 11.5 Å². The fourth-order valence-corrected chi connectivity index (χ4v) is 3.40. The lowest BCUT2D eigenvalue weighted by Gasteiger charge is -2.21. The predicted octanol–water partition coefficient (Wildman–Crippen LogP) is 3.17. The number of anilines is 2. The molecule has 0 bridgehead atoms. The van der Waals surface area contributed by atoms with E-state index < -0.39 is 5.97 Å². The number of aromatic nitrogens is 4. The van der Waals surface area contributed by atoms with Gasteiger partial charge in [-0.05, 0) is 48.0 Å². The minimum atomic E-state index is -0.956.